The molecule has 0 bridgehead atoms. The molecule has 2 N–H and O–H groups in total. The molecule has 0 aromatic heterocycles. The highest BCUT2D eigenvalue weighted by Crippen LogP contribution is 2.30. The average Bonchev–Trinajstić information content (AvgIpc) is 2.22. The summed E-state index contributed by atoms with van der Waals surface area (Å²) in [6, 6.07) is 0. The van der Waals surface area contributed by atoms with Crippen molar-refractivity contribution in [3.8, 4) is 9.85 Å². The van der Waals surface area contributed by atoms with E-state index < -0.39 is 0 Å². The van der Waals surface area contributed by atoms with Gasteiger partial charge in [-0.05, 0) is 16.8 Å². The zero-order valence-corrected chi connectivity index (χ0v) is 6.03. The normalized spacial score (nSPS) is 22.6. The summed E-state index contributed by atoms with van der Waals surface area (Å²) in [6.07, 6.45) is 2.17. The summed E-state index contributed by atoms with van der Waals surface area (Å²) in [6.45, 7) is 0. The maximum absolute atomic E-state index is 5.58. The van der Waals surface area contributed by atoms with Crippen molar-refractivity contribution in [2.75, 3.05) is 0 Å². The Morgan fingerprint density at radius 1 is 1.57 bits per heavy atom. The third-order valence-electron chi connectivity index (χ3n) is 1.08. The summed E-state index contributed by atoms with van der Waals surface area (Å²) in [7, 11) is 0. The monoisotopic (exact) mass is 207 g/mol. The molecule has 2 heteroatoms. The van der Waals surface area contributed by atoms with Crippen LogP contribution in [-0.2, 0) is 0 Å². The molecule has 0 spiro atoms. The van der Waals surface area contributed by atoms with E-state index in [4.69, 9.17) is 5.73 Å². The van der Waals surface area contributed by atoms with Gasteiger partial charge < -0.3 is 5.73 Å². The predicted molar refractivity (Wildman–Crippen MR) is 37.9 cm³/mol. The highest BCUT2D eigenvalue weighted by Gasteiger charge is 2.35. The lowest BCUT2D eigenvalue weighted by Crippen LogP contribution is -2.17. The van der Waals surface area contributed by atoms with Gasteiger partial charge >= 0.3 is 0 Å². The molecule has 0 unspecified atom stereocenters. The van der Waals surface area contributed by atoms with Crippen LogP contribution < -0.4 is 5.73 Å². The van der Waals surface area contributed by atoms with Crippen molar-refractivity contribution in [3.63, 3.8) is 0 Å². The molecule has 1 aliphatic carbocycles. The van der Waals surface area contributed by atoms with Gasteiger partial charge in [0.05, 0.1) is 5.54 Å². The van der Waals surface area contributed by atoms with E-state index in [1.54, 1.807) is 0 Å². The Balaban J connectivity index is 2.50. The van der Waals surface area contributed by atoms with Crippen LogP contribution in [0.5, 0.6) is 0 Å². The second-order valence-electron chi connectivity index (χ2n) is 1.88. The van der Waals surface area contributed by atoms with Gasteiger partial charge in [0.15, 0.2) is 0 Å². The van der Waals surface area contributed by atoms with Gasteiger partial charge in [-0.25, -0.2) is 0 Å². The van der Waals surface area contributed by atoms with E-state index in [9.17, 15) is 0 Å². The number of rotatable bonds is 0. The highest BCUT2D eigenvalue weighted by atomic mass is 127. The van der Waals surface area contributed by atoms with Crippen LogP contribution >= 0.6 is 22.6 Å². The lowest BCUT2D eigenvalue weighted by molar-refractivity contribution is 0.891. The molecule has 0 amide bonds. The lowest BCUT2D eigenvalue weighted by atomic mass is 10.3. The predicted octanol–water partition coefficient (Wildman–Crippen LogP) is 0.874. The molecular weight excluding hydrogens is 201 g/mol. The Labute approximate surface area is 56.8 Å². The van der Waals surface area contributed by atoms with E-state index in [1.807, 2.05) is 22.6 Å². The first kappa shape index (κ1) is 5.39. The Hall–Kier alpha value is 0.250. The number of halogens is 1. The average molecular weight is 207 g/mol. The van der Waals surface area contributed by atoms with Crippen molar-refractivity contribution in [2.45, 2.75) is 18.4 Å². The molecule has 0 aliphatic heterocycles. The fourth-order valence-corrected chi connectivity index (χ4v) is 0.891. The highest BCUT2D eigenvalue weighted by molar-refractivity contribution is 14.1. The van der Waals surface area contributed by atoms with Crippen LogP contribution in [0.4, 0.5) is 0 Å². The fraction of sp³-hybridized carbons (Fsp3) is 0.600. The Kier molecular flexibility index (Phi) is 1.26. The summed E-state index contributed by atoms with van der Waals surface area (Å²) in [5.74, 6) is 2.91. The van der Waals surface area contributed by atoms with Crippen molar-refractivity contribution in [2.24, 2.45) is 5.73 Å². The standard InChI is InChI=1S/C5H6IN/c6-4-3-5(7)1-2-5/h1-2,7H2. The fourth-order valence-electron chi connectivity index (χ4n) is 0.354. The maximum atomic E-state index is 5.58. The third kappa shape index (κ3) is 1.32. The van der Waals surface area contributed by atoms with Crippen molar-refractivity contribution in [3.05, 3.63) is 0 Å². The van der Waals surface area contributed by atoms with E-state index in [-0.39, 0.29) is 5.54 Å². The minimum atomic E-state index is -0.0683. The molecule has 1 aliphatic rings. The molecule has 0 heterocycles. The topological polar surface area (TPSA) is 26.0 Å². The van der Waals surface area contributed by atoms with Gasteiger partial charge in [0.2, 0.25) is 0 Å². The molecule has 0 aromatic carbocycles. The van der Waals surface area contributed by atoms with E-state index in [2.05, 4.69) is 9.85 Å². The van der Waals surface area contributed by atoms with Gasteiger partial charge in [0.25, 0.3) is 0 Å². The first-order chi connectivity index (χ1) is 3.27. The zero-order valence-electron chi connectivity index (χ0n) is 3.87. The van der Waals surface area contributed by atoms with Gasteiger partial charge in [0, 0.05) is 22.6 Å². The van der Waals surface area contributed by atoms with Crippen molar-refractivity contribution in [1.29, 1.82) is 0 Å². The molecule has 1 saturated carbocycles. The SMILES string of the molecule is NC1(C#CI)CC1. The second-order valence-corrected chi connectivity index (χ2v) is 2.42. The maximum Gasteiger partial charge on any atom is 0.0786 e. The molecule has 1 nitrogen and oxygen atoms in total. The van der Waals surface area contributed by atoms with Crippen LogP contribution in [0.2, 0.25) is 0 Å². The van der Waals surface area contributed by atoms with Gasteiger partial charge in [0.1, 0.15) is 0 Å². The van der Waals surface area contributed by atoms with Crippen molar-refractivity contribution >= 4 is 22.6 Å². The Bertz CT molecular complexity index is 127. The summed E-state index contributed by atoms with van der Waals surface area (Å²) < 4.78 is 2.77. The van der Waals surface area contributed by atoms with Crippen LogP contribution in [0, 0.1) is 9.85 Å². The minimum absolute atomic E-state index is 0.0683. The molecule has 1 rings (SSSR count). The number of nitrogens with two attached hydrogens (primary N) is 1. The van der Waals surface area contributed by atoms with Crippen LogP contribution in [0.15, 0.2) is 0 Å². The van der Waals surface area contributed by atoms with E-state index >= 15 is 0 Å². The van der Waals surface area contributed by atoms with Gasteiger partial charge in [-0.3, -0.25) is 0 Å². The lowest BCUT2D eigenvalue weighted by Gasteiger charge is -1.89. The molecule has 38 valence electrons. The largest absolute Gasteiger partial charge is 0.315 e. The van der Waals surface area contributed by atoms with Crippen LogP contribution in [-0.4, -0.2) is 5.54 Å². The minimum Gasteiger partial charge on any atom is -0.315 e. The molecule has 0 aromatic rings. The number of hydrogen-bond donors (Lipinski definition) is 1. The van der Waals surface area contributed by atoms with Crippen molar-refractivity contribution in [1.82, 2.24) is 0 Å². The van der Waals surface area contributed by atoms with Crippen LogP contribution in [0.1, 0.15) is 12.8 Å². The summed E-state index contributed by atoms with van der Waals surface area (Å²) in [5, 5.41) is 0. The first-order valence-electron chi connectivity index (χ1n) is 2.18. The Morgan fingerprint density at radius 2 is 2.14 bits per heavy atom. The molecule has 0 atom stereocenters. The van der Waals surface area contributed by atoms with Crippen LogP contribution in [0.3, 0.4) is 0 Å². The van der Waals surface area contributed by atoms with E-state index in [0.717, 1.165) is 12.8 Å². The van der Waals surface area contributed by atoms with Gasteiger partial charge in [-0.15, -0.1) is 0 Å². The summed E-state index contributed by atoms with van der Waals surface area (Å²) >= 11 is 2.01. The second kappa shape index (κ2) is 1.64. The smallest absolute Gasteiger partial charge is 0.0786 e. The zero-order chi connectivity index (χ0) is 5.33. The van der Waals surface area contributed by atoms with Gasteiger partial charge in [-0.1, -0.05) is 5.92 Å². The quantitative estimate of drug-likeness (QED) is 0.463. The molecular formula is C5H6IN. The van der Waals surface area contributed by atoms with Crippen LogP contribution in [0.25, 0.3) is 0 Å². The molecule has 1 fully saturated rings. The Morgan fingerprint density at radius 3 is 2.29 bits per heavy atom. The van der Waals surface area contributed by atoms with E-state index in [0.29, 0.717) is 0 Å². The first-order valence-corrected chi connectivity index (χ1v) is 3.26. The van der Waals surface area contributed by atoms with E-state index in [1.165, 1.54) is 0 Å². The molecule has 7 heavy (non-hydrogen) atoms. The number of hydrogen-bond acceptors (Lipinski definition) is 1. The van der Waals surface area contributed by atoms with Crippen molar-refractivity contribution < 1.29 is 0 Å². The summed E-state index contributed by atoms with van der Waals surface area (Å²) in [4.78, 5) is 0. The molecule has 0 radical (unpaired) electrons. The molecule has 0 saturated heterocycles. The third-order valence-corrected chi connectivity index (χ3v) is 1.35. The summed E-state index contributed by atoms with van der Waals surface area (Å²) in [5.41, 5.74) is 5.51. The van der Waals surface area contributed by atoms with Gasteiger partial charge in [-0.2, -0.15) is 0 Å².